The molecule has 0 unspecified atom stereocenters. The second-order valence-electron chi connectivity index (χ2n) is 9.35. The normalized spacial score (nSPS) is 21.8. The highest BCUT2D eigenvalue weighted by Gasteiger charge is 2.43. The Morgan fingerprint density at radius 2 is 2.24 bits per heavy atom. The van der Waals surface area contributed by atoms with Crippen LogP contribution in [0, 0.1) is 17.1 Å². The number of piperidine rings is 1. The van der Waals surface area contributed by atoms with Crippen LogP contribution in [0.3, 0.4) is 0 Å². The third-order valence-corrected chi connectivity index (χ3v) is 6.46. The van der Waals surface area contributed by atoms with Gasteiger partial charge in [-0.25, -0.2) is 9.37 Å². The zero-order valence-electron chi connectivity index (χ0n) is 19.1. The van der Waals surface area contributed by atoms with Gasteiger partial charge >= 0.3 is 0 Å². The molecule has 2 atom stereocenters. The van der Waals surface area contributed by atoms with Crippen LogP contribution in [-0.4, -0.2) is 57.4 Å². The largest absolute Gasteiger partial charge is 0.492 e. The minimum absolute atomic E-state index is 0.0249. The van der Waals surface area contributed by atoms with Gasteiger partial charge in [0, 0.05) is 36.3 Å². The van der Waals surface area contributed by atoms with E-state index in [2.05, 4.69) is 45.4 Å². The summed E-state index contributed by atoms with van der Waals surface area (Å²) in [6.07, 6.45) is 5.93. The number of rotatable bonds is 8. The number of anilines is 3. The fourth-order valence-electron chi connectivity index (χ4n) is 5.04. The average Bonchev–Trinajstić information content (AvgIpc) is 3.26. The monoisotopic (exact) mass is 454 g/mol. The van der Waals surface area contributed by atoms with E-state index in [9.17, 15) is 9.65 Å². The summed E-state index contributed by atoms with van der Waals surface area (Å²) in [6.45, 7) is 6.00. The summed E-state index contributed by atoms with van der Waals surface area (Å²) in [7, 11) is 0. The molecule has 0 saturated carbocycles. The van der Waals surface area contributed by atoms with Crippen molar-refractivity contribution in [2.75, 3.05) is 30.4 Å². The molecule has 0 spiro atoms. The summed E-state index contributed by atoms with van der Waals surface area (Å²) in [6, 6.07) is 7.82. The number of nitrogens with zero attached hydrogens (tertiary/aromatic N) is 4. The molecule has 4 rings (SSSR count). The molecule has 8 nitrogen and oxygen atoms in total. The number of ether oxygens (including phenoxy) is 1. The van der Waals surface area contributed by atoms with Crippen molar-refractivity contribution in [2.24, 2.45) is 0 Å². The summed E-state index contributed by atoms with van der Waals surface area (Å²) in [5.74, 6) is 0.385. The van der Waals surface area contributed by atoms with Gasteiger partial charge in [0.2, 0.25) is 5.95 Å². The minimum atomic E-state index is -0.488. The van der Waals surface area contributed by atoms with Gasteiger partial charge in [-0.3, -0.25) is 4.90 Å². The van der Waals surface area contributed by atoms with Crippen LogP contribution in [0.2, 0.25) is 0 Å². The van der Waals surface area contributed by atoms with Crippen molar-refractivity contribution in [3.63, 3.8) is 0 Å². The lowest BCUT2D eigenvalue weighted by atomic mass is 9.84. The van der Waals surface area contributed by atoms with E-state index in [0.717, 1.165) is 25.6 Å². The highest BCUT2D eigenvalue weighted by Crippen LogP contribution is 2.38. The quantitative estimate of drug-likeness (QED) is 0.517. The van der Waals surface area contributed by atoms with Crippen molar-refractivity contribution in [3.05, 3.63) is 35.8 Å². The van der Waals surface area contributed by atoms with Crippen molar-refractivity contribution in [1.82, 2.24) is 14.9 Å². The van der Waals surface area contributed by atoms with Crippen LogP contribution in [0.4, 0.5) is 21.8 Å². The zero-order chi connectivity index (χ0) is 23.4. The van der Waals surface area contributed by atoms with E-state index in [1.165, 1.54) is 12.8 Å². The first-order valence-electron chi connectivity index (χ1n) is 11.5. The number of aromatic nitrogens is 2. The highest BCUT2D eigenvalue weighted by molar-refractivity contribution is 5.61. The molecule has 1 aromatic carbocycles. The van der Waals surface area contributed by atoms with Crippen molar-refractivity contribution in [2.45, 2.75) is 63.6 Å². The lowest BCUT2D eigenvalue weighted by Gasteiger charge is -2.47. The third kappa shape index (κ3) is 5.34. The molecule has 176 valence electrons. The lowest BCUT2D eigenvalue weighted by Crippen LogP contribution is -2.55. The van der Waals surface area contributed by atoms with Crippen molar-refractivity contribution in [3.8, 4) is 11.8 Å². The Morgan fingerprint density at radius 1 is 1.39 bits per heavy atom. The number of hydrogen-bond acceptors (Lipinski definition) is 8. The second kappa shape index (κ2) is 9.89. The smallest absolute Gasteiger partial charge is 0.229 e. The molecule has 3 heterocycles. The Kier molecular flexibility index (Phi) is 6.96. The van der Waals surface area contributed by atoms with Gasteiger partial charge in [-0.05, 0) is 64.3 Å². The first-order valence-corrected chi connectivity index (χ1v) is 11.5. The molecule has 9 heteroatoms. The molecule has 2 aliphatic heterocycles. The van der Waals surface area contributed by atoms with Gasteiger partial charge < -0.3 is 20.5 Å². The maximum atomic E-state index is 14.5. The molecular weight excluding hydrogens is 423 g/mol. The van der Waals surface area contributed by atoms with Gasteiger partial charge in [0.15, 0.2) is 11.6 Å². The first-order chi connectivity index (χ1) is 15.9. The van der Waals surface area contributed by atoms with Crippen LogP contribution < -0.4 is 15.4 Å². The van der Waals surface area contributed by atoms with Crippen LogP contribution in [-0.2, 0) is 0 Å². The standard InChI is InChI=1S/C24H31FN6O2/c1-24(2)13-18(12-19-5-3-8-31(19)24)28-22-20(25)15-27-23(30-22)29-17-6-7-21(16(11-17)14-26)33-10-4-9-32/h6-7,11,15,18-19,32H,3-5,8-10,12-13H2,1-2H3,(H2,27,28,29,30)/t18-,19+/m1/s1. The van der Waals surface area contributed by atoms with E-state index in [1.807, 2.05) is 0 Å². The number of halogens is 1. The molecule has 2 aromatic rings. The van der Waals surface area contributed by atoms with E-state index >= 15 is 0 Å². The van der Waals surface area contributed by atoms with Crippen molar-refractivity contribution >= 4 is 17.5 Å². The molecule has 33 heavy (non-hydrogen) atoms. The third-order valence-electron chi connectivity index (χ3n) is 6.46. The Bertz CT molecular complexity index is 1020. The first kappa shape index (κ1) is 23.2. The summed E-state index contributed by atoms with van der Waals surface area (Å²) in [5.41, 5.74) is 1.01. The lowest BCUT2D eigenvalue weighted by molar-refractivity contribution is 0.0500. The van der Waals surface area contributed by atoms with Gasteiger partial charge in [0.1, 0.15) is 11.8 Å². The zero-order valence-corrected chi connectivity index (χ0v) is 19.1. The molecule has 3 N–H and O–H groups in total. The maximum Gasteiger partial charge on any atom is 0.229 e. The molecule has 2 fully saturated rings. The maximum absolute atomic E-state index is 14.5. The number of benzene rings is 1. The molecule has 0 bridgehead atoms. The van der Waals surface area contributed by atoms with Gasteiger partial charge in [-0.1, -0.05) is 0 Å². The van der Waals surface area contributed by atoms with Gasteiger partial charge in [0.25, 0.3) is 0 Å². The Morgan fingerprint density at radius 3 is 3.03 bits per heavy atom. The molecule has 2 saturated heterocycles. The SMILES string of the molecule is CC1(C)C[C@H](Nc2nc(Nc3ccc(OCCCO)c(C#N)c3)ncc2F)C[C@@H]2CCCN21. The number of nitrogens with one attached hydrogen (secondary N) is 2. The summed E-state index contributed by atoms with van der Waals surface area (Å²) in [4.78, 5) is 11.0. The van der Waals surface area contributed by atoms with E-state index in [-0.39, 0.29) is 30.0 Å². The molecule has 0 aliphatic carbocycles. The van der Waals surface area contributed by atoms with E-state index in [1.54, 1.807) is 18.2 Å². The number of nitriles is 1. The summed E-state index contributed by atoms with van der Waals surface area (Å²) in [5, 5.41) is 24.7. The van der Waals surface area contributed by atoms with Crippen LogP contribution in [0.25, 0.3) is 0 Å². The van der Waals surface area contributed by atoms with Gasteiger partial charge in [-0.15, -0.1) is 0 Å². The summed E-state index contributed by atoms with van der Waals surface area (Å²) >= 11 is 0. The highest BCUT2D eigenvalue weighted by atomic mass is 19.1. The number of hydrogen-bond donors (Lipinski definition) is 3. The molecule has 1 aromatic heterocycles. The Hall–Kier alpha value is -2.96. The predicted molar refractivity (Wildman–Crippen MR) is 124 cm³/mol. The fourth-order valence-corrected chi connectivity index (χ4v) is 5.04. The van der Waals surface area contributed by atoms with Crippen LogP contribution in [0.1, 0.15) is 51.5 Å². The molecular formula is C24H31FN6O2. The van der Waals surface area contributed by atoms with E-state index in [4.69, 9.17) is 9.84 Å². The number of aliphatic hydroxyl groups is 1. The minimum Gasteiger partial charge on any atom is -0.492 e. The average molecular weight is 455 g/mol. The van der Waals surface area contributed by atoms with Gasteiger partial charge in [-0.2, -0.15) is 10.2 Å². The molecule has 0 radical (unpaired) electrons. The Labute approximate surface area is 193 Å². The van der Waals surface area contributed by atoms with Crippen LogP contribution in [0.15, 0.2) is 24.4 Å². The van der Waals surface area contributed by atoms with E-state index in [0.29, 0.717) is 36.1 Å². The van der Waals surface area contributed by atoms with Crippen molar-refractivity contribution in [1.29, 1.82) is 5.26 Å². The van der Waals surface area contributed by atoms with Crippen LogP contribution >= 0.6 is 0 Å². The predicted octanol–water partition coefficient (Wildman–Crippen LogP) is 3.81. The topological polar surface area (TPSA) is 106 Å². The van der Waals surface area contributed by atoms with Crippen molar-refractivity contribution < 1.29 is 14.2 Å². The van der Waals surface area contributed by atoms with Gasteiger partial charge in [0.05, 0.1) is 18.4 Å². The number of aliphatic hydroxyl groups excluding tert-OH is 1. The van der Waals surface area contributed by atoms with Crippen LogP contribution in [0.5, 0.6) is 5.75 Å². The molecule has 0 amide bonds. The Balaban J connectivity index is 1.46. The second-order valence-corrected chi connectivity index (χ2v) is 9.35. The molecule has 2 aliphatic rings. The number of fused-ring (bicyclic) bond motifs is 1. The summed E-state index contributed by atoms with van der Waals surface area (Å²) < 4.78 is 20.1. The van der Waals surface area contributed by atoms with E-state index < -0.39 is 5.82 Å². The fraction of sp³-hybridized carbons (Fsp3) is 0.542.